The topological polar surface area (TPSA) is 78.3 Å². The van der Waals surface area contributed by atoms with Gasteiger partial charge in [-0.05, 0) is 42.3 Å². The SMILES string of the molecule is CCOC(C)=O.Nc1ccc(-c2ccc(N)cc2)cc1. The van der Waals surface area contributed by atoms with Gasteiger partial charge in [-0.2, -0.15) is 0 Å². The van der Waals surface area contributed by atoms with Crippen molar-refractivity contribution >= 4 is 17.3 Å². The predicted octanol–water partition coefficient (Wildman–Crippen LogP) is 3.09. The van der Waals surface area contributed by atoms with Crippen LogP contribution in [0, 0.1) is 0 Å². The van der Waals surface area contributed by atoms with Gasteiger partial charge in [-0.1, -0.05) is 24.3 Å². The summed E-state index contributed by atoms with van der Waals surface area (Å²) in [7, 11) is 0. The smallest absolute Gasteiger partial charge is 0.302 e. The van der Waals surface area contributed by atoms with Crippen molar-refractivity contribution < 1.29 is 9.53 Å². The Hall–Kier alpha value is -2.49. The summed E-state index contributed by atoms with van der Waals surface area (Å²) in [6.45, 7) is 3.65. The van der Waals surface area contributed by atoms with Crippen LogP contribution in [0.15, 0.2) is 48.5 Å². The molecule has 0 fully saturated rings. The first-order valence-electron chi connectivity index (χ1n) is 6.37. The minimum atomic E-state index is -0.211. The van der Waals surface area contributed by atoms with E-state index >= 15 is 0 Å². The second-order valence-corrected chi connectivity index (χ2v) is 4.17. The van der Waals surface area contributed by atoms with E-state index in [-0.39, 0.29) is 5.97 Å². The molecule has 0 atom stereocenters. The average molecular weight is 272 g/mol. The van der Waals surface area contributed by atoms with E-state index in [0.29, 0.717) is 6.61 Å². The lowest BCUT2D eigenvalue weighted by Crippen LogP contribution is -1.95. The summed E-state index contributed by atoms with van der Waals surface area (Å²) in [6.07, 6.45) is 0. The summed E-state index contributed by atoms with van der Waals surface area (Å²) in [5.74, 6) is -0.211. The van der Waals surface area contributed by atoms with Crippen LogP contribution in [0.25, 0.3) is 11.1 Å². The summed E-state index contributed by atoms with van der Waals surface area (Å²) in [5.41, 5.74) is 15.1. The zero-order valence-electron chi connectivity index (χ0n) is 11.8. The predicted molar refractivity (Wildman–Crippen MR) is 83.0 cm³/mol. The van der Waals surface area contributed by atoms with Crippen LogP contribution in [0.2, 0.25) is 0 Å². The molecule has 0 amide bonds. The maximum Gasteiger partial charge on any atom is 0.302 e. The highest BCUT2D eigenvalue weighted by Crippen LogP contribution is 2.21. The molecule has 0 aliphatic rings. The normalized spacial score (nSPS) is 9.30. The van der Waals surface area contributed by atoms with Gasteiger partial charge in [0.2, 0.25) is 0 Å². The molecule has 2 aromatic rings. The molecule has 2 rings (SSSR count). The van der Waals surface area contributed by atoms with Gasteiger partial charge in [-0.15, -0.1) is 0 Å². The highest BCUT2D eigenvalue weighted by Gasteiger charge is 1.95. The lowest BCUT2D eigenvalue weighted by atomic mass is 10.1. The highest BCUT2D eigenvalue weighted by atomic mass is 16.5. The Bertz CT molecular complexity index is 490. The van der Waals surface area contributed by atoms with Crippen LogP contribution in [0.4, 0.5) is 11.4 Å². The zero-order chi connectivity index (χ0) is 15.0. The Balaban J connectivity index is 0.000000286. The van der Waals surface area contributed by atoms with Gasteiger partial charge < -0.3 is 16.2 Å². The molecule has 0 saturated carbocycles. The van der Waals surface area contributed by atoms with Gasteiger partial charge in [0.1, 0.15) is 0 Å². The van der Waals surface area contributed by atoms with E-state index < -0.39 is 0 Å². The van der Waals surface area contributed by atoms with E-state index in [9.17, 15) is 4.79 Å². The molecular weight excluding hydrogens is 252 g/mol. The largest absolute Gasteiger partial charge is 0.466 e. The minimum Gasteiger partial charge on any atom is -0.466 e. The first kappa shape index (κ1) is 15.6. The van der Waals surface area contributed by atoms with Gasteiger partial charge in [0.25, 0.3) is 0 Å². The molecule has 106 valence electrons. The fourth-order valence-corrected chi connectivity index (χ4v) is 1.55. The van der Waals surface area contributed by atoms with Crippen LogP contribution < -0.4 is 11.5 Å². The fraction of sp³-hybridized carbons (Fsp3) is 0.188. The van der Waals surface area contributed by atoms with E-state index in [1.54, 1.807) is 6.92 Å². The van der Waals surface area contributed by atoms with Crippen LogP contribution in [0.1, 0.15) is 13.8 Å². The van der Waals surface area contributed by atoms with E-state index in [1.807, 2.05) is 48.5 Å². The number of ether oxygens (including phenoxy) is 1. The van der Waals surface area contributed by atoms with Gasteiger partial charge in [-0.25, -0.2) is 0 Å². The van der Waals surface area contributed by atoms with Gasteiger partial charge >= 0.3 is 5.97 Å². The number of carbonyl (C=O) groups excluding carboxylic acids is 1. The number of anilines is 2. The summed E-state index contributed by atoms with van der Waals surface area (Å²) < 4.78 is 4.40. The summed E-state index contributed by atoms with van der Waals surface area (Å²) in [6, 6.07) is 15.6. The number of carbonyl (C=O) groups is 1. The van der Waals surface area contributed by atoms with E-state index in [1.165, 1.54) is 6.92 Å². The molecule has 0 bridgehead atoms. The molecule has 0 aliphatic carbocycles. The maximum absolute atomic E-state index is 9.82. The molecule has 2 aromatic carbocycles. The van der Waals surface area contributed by atoms with Crippen LogP contribution >= 0.6 is 0 Å². The number of hydrogen-bond donors (Lipinski definition) is 2. The maximum atomic E-state index is 9.82. The number of benzene rings is 2. The van der Waals surface area contributed by atoms with Gasteiger partial charge in [-0.3, -0.25) is 4.79 Å². The van der Waals surface area contributed by atoms with Gasteiger partial charge in [0.05, 0.1) is 6.61 Å². The number of nitrogens with two attached hydrogens (primary N) is 2. The van der Waals surface area contributed by atoms with Crippen LogP contribution in [-0.2, 0) is 9.53 Å². The molecule has 0 saturated heterocycles. The number of esters is 1. The molecule has 4 N–H and O–H groups in total. The van der Waals surface area contributed by atoms with Crippen molar-refractivity contribution in [3.8, 4) is 11.1 Å². The third-order valence-electron chi connectivity index (χ3n) is 2.50. The van der Waals surface area contributed by atoms with E-state index in [0.717, 1.165) is 22.5 Å². The molecular formula is C16H20N2O2. The minimum absolute atomic E-state index is 0.211. The highest BCUT2D eigenvalue weighted by molar-refractivity contribution is 5.67. The van der Waals surface area contributed by atoms with Gasteiger partial charge in [0.15, 0.2) is 0 Å². The Kier molecular flexibility index (Phi) is 6.10. The van der Waals surface area contributed by atoms with Crippen LogP contribution in [-0.4, -0.2) is 12.6 Å². The van der Waals surface area contributed by atoms with Crippen LogP contribution in [0.5, 0.6) is 0 Å². The van der Waals surface area contributed by atoms with E-state index in [2.05, 4.69) is 4.74 Å². The van der Waals surface area contributed by atoms with Crippen molar-refractivity contribution in [1.29, 1.82) is 0 Å². The molecule has 0 unspecified atom stereocenters. The Labute approximate surface area is 119 Å². The van der Waals surface area contributed by atoms with Crippen molar-refractivity contribution in [2.45, 2.75) is 13.8 Å². The third-order valence-corrected chi connectivity index (χ3v) is 2.50. The molecule has 20 heavy (non-hydrogen) atoms. The molecule has 0 aliphatic heterocycles. The number of nitrogen functional groups attached to an aromatic ring is 2. The Morgan fingerprint density at radius 2 is 1.25 bits per heavy atom. The standard InChI is InChI=1S/C12H12N2.C4H8O2/c13-11-5-1-9(2-6-11)10-3-7-12(14)8-4-10;1-3-6-4(2)5/h1-8H,13-14H2;3H2,1-2H3. The molecule has 4 nitrogen and oxygen atoms in total. The number of hydrogen-bond acceptors (Lipinski definition) is 4. The lowest BCUT2D eigenvalue weighted by molar-refractivity contribution is -0.140. The first-order valence-corrected chi connectivity index (χ1v) is 6.37. The quantitative estimate of drug-likeness (QED) is 0.650. The van der Waals surface area contributed by atoms with Gasteiger partial charge in [0, 0.05) is 18.3 Å². The Morgan fingerprint density at radius 1 is 0.900 bits per heavy atom. The van der Waals surface area contributed by atoms with Crippen molar-refractivity contribution in [2.75, 3.05) is 18.1 Å². The van der Waals surface area contributed by atoms with Crippen molar-refractivity contribution in [3.63, 3.8) is 0 Å². The summed E-state index contributed by atoms with van der Waals surface area (Å²) in [5, 5.41) is 0. The second-order valence-electron chi connectivity index (χ2n) is 4.17. The number of rotatable bonds is 2. The molecule has 4 heteroatoms. The zero-order valence-corrected chi connectivity index (χ0v) is 11.8. The molecule has 0 radical (unpaired) electrons. The van der Waals surface area contributed by atoms with E-state index in [4.69, 9.17) is 11.5 Å². The fourth-order valence-electron chi connectivity index (χ4n) is 1.55. The van der Waals surface area contributed by atoms with Crippen molar-refractivity contribution in [3.05, 3.63) is 48.5 Å². The summed E-state index contributed by atoms with van der Waals surface area (Å²) in [4.78, 5) is 9.82. The monoisotopic (exact) mass is 272 g/mol. The lowest BCUT2D eigenvalue weighted by Gasteiger charge is -2.02. The van der Waals surface area contributed by atoms with Crippen LogP contribution in [0.3, 0.4) is 0 Å². The first-order chi connectivity index (χ1) is 9.52. The molecule has 0 heterocycles. The summed E-state index contributed by atoms with van der Waals surface area (Å²) >= 11 is 0. The Morgan fingerprint density at radius 3 is 1.45 bits per heavy atom. The second kappa shape index (κ2) is 7.84. The van der Waals surface area contributed by atoms with Crippen molar-refractivity contribution in [1.82, 2.24) is 0 Å². The average Bonchev–Trinajstić information content (AvgIpc) is 2.41. The van der Waals surface area contributed by atoms with Crippen molar-refractivity contribution in [2.24, 2.45) is 0 Å². The molecule has 0 spiro atoms. The molecule has 0 aromatic heterocycles. The third kappa shape index (κ3) is 5.44.